The summed E-state index contributed by atoms with van der Waals surface area (Å²) in [5.74, 6) is -0.156. The summed E-state index contributed by atoms with van der Waals surface area (Å²) in [5.41, 5.74) is 3.43. The number of nitrogens with one attached hydrogen (secondary N) is 1. The predicted octanol–water partition coefficient (Wildman–Crippen LogP) is -2.53. The molecule has 0 aliphatic carbocycles. The van der Waals surface area contributed by atoms with E-state index in [9.17, 15) is 4.79 Å². The summed E-state index contributed by atoms with van der Waals surface area (Å²) in [6.07, 6.45) is 7.21. The van der Waals surface area contributed by atoms with E-state index in [0.29, 0.717) is 0 Å². The average molecular weight is 279 g/mol. The fraction of sp³-hybridized carbons (Fsp3) is 0.154. The Kier molecular flexibility index (Phi) is 5.75. The Hall–Kier alpha value is -2.14. The van der Waals surface area contributed by atoms with Crippen LogP contribution < -0.4 is 22.4 Å². The SMILES string of the molecule is Cn1cccc1/C=N/NC(=O)C[n+]1ccccc1.[Cl-]. The lowest BCUT2D eigenvalue weighted by Gasteiger charge is -1.97. The zero-order valence-corrected chi connectivity index (χ0v) is 11.3. The highest BCUT2D eigenvalue weighted by molar-refractivity contribution is 5.80. The molecule has 0 aliphatic rings. The summed E-state index contributed by atoms with van der Waals surface area (Å²) in [4.78, 5) is 11.6. The zero-order valence-electron chi connectivity index (χ0n) is 10.5. The normalized spacial score (nSPS) is 10.2. The van der Waals surface area contributed by atoms with Crippen LogP contribution in [0.5, 0.6) is 0 Å². The van der Waals surface area contributed by atoms with E-state index in [1.165, 1.54) is 0 Å². The summed E-state index contributed by atoms with van der Waals surface area (Å²) < 4.78 is 3.70. The predicted molar refractivity (Wildman–Crippen MR) is 67.8 cm³/mol. The number of pyridine rings is 1. The second kappa shape index (κ2) is 7.33. The van der Waals surface area contributed by atoms with E-state index >= 15 is 0 Å². The molecule has 0 unspecified atom stereocenters. The number of amides is 1. The molecule has 0 aliphatic heterocycles. The number of carbonyl (C=O) groups is 1. The minimum absolute atomic E-state index is 0. The topological polar surface area (TPSA) is 50.3 Å². The van der Waals surface area contributed by atoms with Gasteiger partial charge in [0.15, 0.2) is 12.4 Å². The molecule has 0 saturated carbocycles. The van der Waals surface area contributed by atoms with Crippen molar-refractivity contribution < 1.29 is 21.8 Å². The number of aromatic nitrogens is 2. The van der Waals surface area contributed by atoms with E-state index in [-0.39, 0.29) is 24.9 Å². The van der Waals surface area contributed by atoms with Crippen LogP contribution >= 0.6 is 0 Å². The lowest BCUT2D eigenvalue weighted by atomic mass is 10.4. The Balaban J connectivity index is 0.00000180. The van der Waals surface area contributed by atoms with Crippen molar-refractivity contribution in [3.05, 3.63) is 54.6 Å². The van der Waals surface area contributed by atoms with Crippen molar-refractivity contribution in [2.75, 3.05) is 0 Å². The van der Waals surface area contributed by atoms with Gasteiger partial charge in [-0.3, -0.25) is 4.79 Å². The van der Waals surface area contributed by atoms with Crippen molar-refractivity contribution >= 4 is 12.1 Å². The van der Waals surface area contributed by atoms with Crippen molar-refractivity contribution in [3.8, 4) is 0 Å². The lowest BCUT2D eigenvalue weighted by Crippen LogP contribution is -3.00. The van der Waals surface area contributed by atoms with Gasteiger partial charge in [0, 0.05) is 25.4 Å². The number of hydrogen-bond acceptors (Lipinski definition) is 2. The summed E-state index contributed by atoms with van der Waals surface area (Å²) >= 11 is 0. The third kappa shape index (κ3) is 4.56. The lowest BCUT2D eigenvalue weighted by molar-refractivity contribution is -0.684. The van der Waals surface area contributed by atoms with E-state index in [2.05, 4.69) is 10.5 Å². The first-order valence-electron chi connectivity index (χ1n) is 5.63. The minimum Gasteiger partial charge on any atom is -1.00 e. The number of carbonyl (C=O) groups excluding carboxylic acids is 1. The summed E-state index contributed by atoms with van der Waals surface area (Å²) in [7, 11) is 1.92. The number of rotatable bonds is 4. The van der Waals surface area contributed by atoms with Gasteiger partial charge >= 0.3 is 5.91 Å². The maximum Gasteiger partial charge on any atom is 0.305 e. The number of hydrazone groups is 1. The minimum atomic E-state index is -0.156. The van der Waals surface area contributed by atoms with Crippen molar-refractivity contribution in [1.82, 2.24) is 9.99 Å². The molecule has 1 amide bonds. The Morgan fingerprint density at radius 1 is 1.37 bits per heavy atom. The third-order valence-corrected chi connectivity index (χ3v) is 2.47. The fourth-order valence-electron chi connectivity index (χ4n) is 1.52. The monoisotopic (exact) mass is 278 g/mol. The second-order valence-corrected chi connectivity index (χ2v) is 3.88. The molecule has 2 aromatic rings. The Labute approximate surface area is 118 Å². The van der Waals surface area contributed by atoms with Crippen molar-refractivity contribution in [1.29, 1.82) is 0 Å². The molecule has 0 saturated heterocycles. The molecule has 1 N–H and O–H groups in total. The highest BCUT2D eigenvalue weighted by Crippen LogP contribution is 1.94. The Morgan fingerprint density at radius 3 is 2.74 bits per heavy atom. The van der Waals surface area contributed by atoms with Gasteiger partial charge in [-0.05, 0) is 12.1 Å². The van der Waals surface area contributed by atoms with Crippen molar-refractivity contribution in [3.63, 3.8) is 0 Å². The van der Waals surface area contributed by atoms with Crippen LogP contribution in [-0.4, -0.2) is 16.7 Å². The first-order chi connectivity index (χ1) is 8.75. The van der Waals surface area contributed by atoms with Crippen LogP contribution in [0, 0.1) is 0 Å². The number of halogens is 1. The summed E-state index contributed by atoms with van der Waals surface area (Å²) in [5, 5.41) is 3.91. The molecule has 2 heterocycles. The Morgan fingerprint density at radius 2 is 2.11 bits per heavy atom. The molecule has 19 heavy (non-hydrogen) atoms. The van der Waals surface area contributed by atoms with Crippen LogP contribution in [0.4, 0.5) is 0 Å². The average Bonchev–Trinajstić information content (AvgIpc) is 2.76. The zero-order chi connectivity index (χ0) is 12.8. The molecule has 5 nitrogen and oxygen atoms in total. The molecule has 0 spiro atoms. The molecule has 0 fully saturated rings. The summed E-state index contributed by atoms with van der Waals surface area (Å²) in [6, 6.07) is 9.49. The van der Waals surface area contributed by atoms with Crippen LogP contribution in [0.3, 0.4) is 0 Å². The van der Waals surface area contributed by atoms with E-state index in [0.717, 1.165) is 5.69 Å². The maximum absolute atomic E-state index is 11.6. The van der Waals surface area contributed by atoms with E-state index < -0.39 is 0 Å². The van der Waals surface area contributed by atoms with Crippen LogP contribution in [0.2, 0.25) is 0 Å². The number of hydrogen-bond donors (Lipinski definition) is 1. The summed E-state index contributed by atoms with van der Waals surface area (Å²) in [6.45, 7) is 0.255. The molecule has 2 aromatic heterocycles. The highest BCUT2D eigenvalue weighted by atomic mass is 35.5. The standard InChI is InChI=1S/C13H14N4O.ClH/c1-16-7-5-6-12(16)10-14-15-13(18)11-17-8-3-2-4-9-17;/h2-10H,11H2,1H3;1H/b14-10+;. The highest BCUT2D eigenvalue weighted by Gasteiger charge is 2.06. The first-order valence-corrected chi connectivity index (χ1v) is 5.63. The van der Waals surface area contributed by atoms with Gasteiger partial charge < -0.3 is 17.0 Å². The van der Waals surface area contributed by atoms with Gasteiger partial charge in [-0.2, -0.15) is 9.67 Å². The number of nitrogens with zero attached hydrogens (tertiary/aromatic N) is 3. The second-order valence-electron chi connectivity index (χ2n) is 3.88. The molecule has 0 aromatic carbocycles. The quantitative estimate of drug-likeness (QED) is 0.374. The third-order valence-electron chi connectivity index (χ3n) is 2.47. The van der Waals surface area contributed by atoms with Crippen LogP contribution in [0.25, 0.3) is 0 Å². The van der Waals surface area contributed by atoms with Crippen LogP contribution in [0.1, 0.15) is 5.69 Å². The van der Waals surface area contributed by atoms with Crippen LogP contribution in [-0.2, 0) is 18.4 Å². The molecular weight excluding hydrogens is 264 g/mol. The van der Waals surface area contributed by atoms with Gasteiger partial charge in [0.2, 0.25) is 6.54 Å². The number of aryl methyl sites for hydroxylation is 1. The van der Waals surface area contributed by atoms with E-state index in [1.807, 2.05) is 60.5 Å². The maximum atomic E-state index is 11.6. The van der Waals surface area contributed by atoms with Gasteiger partial charge in [0.25, 0.3) is 0 Å². The fourth-order valence-corrected chi connectivity index (χ4v) is 1.52. The van der Waals surface area contributed by atoms with E-state index in [4.69, 9.17) is 0 Å². The molecular formula is C13H15ClN4O. The smallest absolute Gasteiger partial charge is 0.305 e. The molecule has 6 heteroatoms. The Bertz CT molecular complexity index is 551. The molecule has 2 rings (SSSR count). The van der Waals surface area contributed by atoms with Gasteiger partial charge in [0.05, 0.1) is 11.9 Å². The largest absolute Gasteiger partial charge is 1.00 e. The van der Waals surface area contributed by atoms with Gasteiger partial charge in [-0.15, -0.1) is 0 Å². The van der Waals surface area contributed by atoms with Crippen LogP contribution in [0.15, 0.2) is 54.0 Å². The van der Waals surface area contributed by atoms with Crippen molar-refractivity contribution in [2.45, 2.75) is 6.54 Å². The van der Waals surface area contributed by atoms with Gasteiger partial charge in [-0.25, -0.2) is 5.43 Å². The van der Waals surface area contributed by atoms with Gasteiger partial charge in [-0.1, -0.05) is 6.07 Å². The molecule has 0 bridgehead atoms. The van der Waals surface area contributed by atoms with Crippen molar-refractivity contribution in [2.24, 2.45) is 12.1 Å². The first kappa shape index (κ1) is 14.9. The van der Waals surface area contributed by atoms with E-state index in [1.54, 1.807) is 10.8 Å². The molecule has 0 atom stereocenters. The molecule has 0 radical (unpaired) electrons. The van der Waals surface area contributed by atoms with Gasteiger partial charge in [0.1, 0.15) is 0 Å². The molecule has 100 valence electrons.